The molecule has 0 aliphatic heterocycles. The average molecular weight is 310 g/mol. The van der Waals surface area contributed by atoms with Crippen molar-refractivity contribution in [2.24, 2.45) is 0 Å². The minimum atomic E-state index is 0.181. The SMILES string of the molecule is CCCOc1c(C)cc(OCC=C(Cl)Cl)cc1Cl. The van der Waals surface area contributed by atoms with E-state index in [4.69, 9.17) is 44.3 Å². The molecule has 0 fully saturated rings. The zero-order valence-corrected chi connectivity index (χ0v) is 12.6. The van der Waals surface area contributed by atoms with Crippen LogP contribution in [0.15, 0.2) is 22.7 Å². The van der Waals surface area contributed by atoms with Crippen LogP contribution in [0.3, 0.4) is 0 Å². The number of hydrogen-bond donors (Lipinski definition) is 0. The molecule has 0 spiro atoms. The molecule has 0 radical (unpaired) electrons. The van der Waals surface area contributed by atoms with Crippen LogP contribution in [0, 0.1) is 6.92 Å². The summed E-state index contributed by atoms with van der Waals surface area (Å²) in [4.78, 5) is 0. The van der Waals surface area contributed by atoms with Gasteiger partial charge in [0.05, 0.1) is 11.6 Å². The van der Waals surface area contributed by atoms with Crippen LogP contribution in [0.1, 0.15) is 18.9 Å². The van der Waals surface area contributed by atoms with Crippen LogP contribution in [0.2, 0.25) is 5.02 Å². The van der Waals surface area contributed by atoms with Crippen LogP contribution in [0.25, 0.3) is 0 Å². The van der Waals surface area contributed by atoms with Crippen molar-refractivity contribution in [2.45, 2.75) is 20.3 Å². The molecule has 1 rings (SSSR count). The predicted molar refractivity (Wildman–Crippen MR) is 77.3 cm³/mol. The van der Waals surface area contributed by atoms with E-state index in [1.54, 1.807) is 12.1 Å². The maximum atomic E-state index is 6.14. The third-order valence-electron chi connectivity index (χ3n) is 2.14. The Labute approximate surface area is 122 Å². The van der Waals surface area contributed by atoms with E-state index in [9.17, 15) is 0 Å². The summed E-state index contributed by atoms with van der Waals surface area (Å²) in [6.07, 6.45) is 2.50. The fourth-order valence-corrected chi connectivity index (χ4v) is 1.81. The van der Waals surface area contributed by atoms with Crippen molar-refractivity contribution in [3.63, 3.8) is 0 Å². The maximum Gasteiger partial charge on any atom is 0.141 e. The fourth-order valence-electron chi connectivity index (χ4n) is 1.37. The third kappa shape index (κ3) is 4.97. The molecule has 0 saturated carbocycles. The van der Waals surface area contributed by atoms with Gasteiger partial charge in [0, 0.05) is 6.07 Å². The highest BCUT2D eigenvalue weighted by atomic mass is 35.5. The van der Waals surface area contributed by atoms with Crippen LogP contribution < -0.4 is 9.47 Å². The van der Waals surface area contributed by atoms with Crippen molar-refractivity contribution >= 4 is 34.8 Å². The van der Waals surface area contributed by atoms with E-state index in [0.29, 0.717) is 29.7 Å². The summed E-state index contributed by atoms with van der Waals surface area (Å²) in [5.74, 6) is 1.36. The molecule has 0 unspecified atom stereocenters. The molecule has 1 aromatic carbocycles. The molecule has 18 heavy (non-hydrogen) atoms. The lowest BCUT2D eigenvalue weighted by atomic mass is 10.2. The Morgan fingerprint density at radius 2 is 2.00 bits per heavy atom. The van der Waals surface area contributed by atoms with Gasteiger partial charge in [-0.3, -0.25) is 0 Å². The molecule has 0 aromatic heterocycles. The van der Waals surface area contributed by atoms with Gasteiger partial charge in [-0.25, -0.2) is 0 Å². The Hall–Kier alpha value is -0.570. The molecule has 0 aliphatic rings. The molecular formula is C13H15Cl3O2. The first-order valence-electron chi connectivity index (χ1n) is 5.61. The molecule has 1 aromatic rings. The van der Waals surface area contributed by atoms with Gasteiger partial charge in [0.1, 0.15) is 22.6 Å². The normalized spacial score (nSPS) is 10.1. The second kappa shape index (κ2) is 7.78. The number of halogens is 3. The van der Waals surface area contributed by atoms with Crippen LogP contribution in [-0.4, -0.2) is 13.2 Å². The molecule has 0 amide bonds. The molecular weight excluding hydrogens is 294 g/mol. The third-order valence-corrected chi connectivity index (χ3v) is 2.73. The largest absolute Gasteiger partial charge is 0.492 e. The predicted octanol–water partition coefficient (Wildman–Crippen LogP) is 5.14. The topological polar surface area (TPSA) is 18.5 Å². The van der Waals surface area contributed by atoms with Gasteiger partial charge in [0.25, 0.3) is 0 Å². The van der Waals surface area contributed by atoms with Crippen molar-refractivity contribution in [2.75, 3.05) is 13.2 Å². The van der Waals surface area contributed by atoms with Gasteiger partial charge in [-0.15, -0.1) is 0 Å². The van der Waals surface area contributed by atoms with Crippen LogP contribution >= 0.6 is 34.8 Å². The number of rotatable bonds is 6. The molecule has 0 N–H and O–H groups in total. The summed E-state index contributed by atoms with van der Waals surface area (Å²) in [6.45, 7) is 4.91. The zero-order valence-electron chi connectivity index (χ0n) is 10.3. The lowest BCUT2D eigenvalue weighted by Crippen LogP contribution is -1.99. The van der Waals surface area contributed by atoms with Crippen molar-refractivity contribution in [1.82, 2.24) is 0 Å². The molecule has 0 atom stereocenters. The molecule has 0 heterocycles. The average Bonchev–Trinajstić information content (AvgIpc) is 2.27. The van der Waals surface area contributed by atoms with Crippen LogP contribution in [0.4, 0.5) is 0 Å². The van der Waals surface area contributed by atoms with E-state index < -0.39 is 0 Å². The summed E-state index contributed by atoms with van der Waals surface area (Å²) >= 11 is 17.1. The molecule has 2 nitrogen and oxygen atoms in total. The first kappa shape index (κ1) is 15.5. The van der Waals surface area contributed by atoms with Crippen molar-refractivity contribution in [3.8, 4) is 11.5 Å². The summed E-state index contributed by atoms with van der Waals surface area (Å²) in [6, 6.07) is 3.59. The molecule has 0 saturated heterocycles. The maximum absolute atomic E-state index is 6.14. The molecule has 0 bridgehead atoms. The van der Waals surface area contributed by atoms with E-state index in [1.807, 2.05) is 19.9 Å². The number of benzene rings is 1. The fraction of sp³-hybridized carbons (Fsp3) is 0.385. The number of ether oxygens (including phenoxy) is 2. The Morgan fingerprint density at radius 3 is 2.56 bits per heavy atom. The lowest BCUT2D eigenvalue weighted by Gasteiger charge is -2.12. The minimum Gasteiger partial charge on any atom is -0.492 e. The van der Waals surface area contributed by atoms with Crippen LogP contribution in [-0.2, 0) is 0 Å². The highest BCUT2D eigenvalue weighted by Crippen LogP contribution is 2.33. The monoisotopic (exact) mass is 308 g/mol. The van der Waals surface area contributed by atoms with Crippen molar-refractivity contribution < 1.29 is 9.47 Å². The Bertz CT molecular complexity index is 403. The van der Waals surface area contributed by atoms with Crippen molar-refractivity contribution in [3.05, 3.63) is 33.3 Å². The molecule has 0 aliphatic carbocycles. The van der Waals surface area contributed by atoms with Crippen molar-refractivity contribution in [1.29, 1.82) is 0 Å². The van der Waals surface area contributed by atoms with Gasteiger partial charge in [0.15, 0.2) is 0 Å². The Balaban J connectivity index is 2.76. The Kier molecular flexibility index (Phi) is 6.69. The van der Waals surface area contributed by atoms with E-state index in [1.165, 1.54) is 0 Å². The summed E-state index contributed by atoms with van der Waals surface area (Å²) in [5, 5.41) is 0.541. The van der Waals surface area contributed by atoms with E-state index in [-0.39, 0.29) is 4.49 Å². The standard InChI is InChI=1S/C13H15Cl3O2/c1-3-5-18-13-9(2)7-10(8-11(13)14)17-6-4-12(15)16/h4,7-8H,3,5-6H2,1-2H3. The van der Waals surface area contributed by atoms with E-state index in [2.05, 4.69) is 0 Å². The second-order valence-electron chi connectivity index (χ2n) is 3.70. The molecule has 100 valence electrons. The minimum absolute atomic E-state index is 0.181. The lowest BCUT2D eigenvalue weighted by molar-refractivity contribution is 0.313. The summed E-state index contributed by atoms with van der Waals surface area (Å²) in [5.41, 5.74) is 0.937. The smallest absolute Gasteiger partial charge is 0.141 e. The zero-order chi connectivity index (χ0) is 13.5. The van der Waals surface area contributed by atoms with Gasteiger partial charge in [-0.1, -0.05) is 41.7 Å². The first-order chi connectivity index (χ1) is 8.54. The highest BCUT2D eigenvalue weighted by Gasteiger charge is 2.08. The Morgan fingerprint density at radius 1 is 1.28 bits per heavy atom. The summed E-state index contributed by atoms with van der Waals surface area (Å²) in [7, 11) is 0. The highest BCUT2D eigenvalue weighted by molar-refractivity contribution is 6.55. The van der Waals surface area contributed by atoms with Gasteiger partial charge in [0.2, 0.25) is 0 Å². The first-order valence-corrected chi connectivity index (χ1v) is 6.75. The van der Waals surface area contributed by atoms with Crippen LogP contribution in [0.5, 0.6) is 11.5 Å². The van der Waals surface area contributed by atoms with E-state index in [0.717, 1.165) is 12.0 Å². The molecule has 5 heteroatoms. The number of aryl methyl sites for hydroxylation is 1. The second-order valence-corrected chi connectivity index (χ2v) is 5.12. The van der Waals surface area contributed by atoms with Gasteiger partial charge < -0.3 is 9.47 Å². The van der Waals surface area contributed by atoms with Gasteiger partial charge in [-0.2, -0.15) is 0 Å². The summed E-state index contributed by atoms with van der Waals surface area (Å²) < 4.78 is 11.2. The van der Waals surface area contributed by atoms with Gasteiger partial charge >= 0.3 is 0 Å². The number of hydrogen-bond acceptors (Lipinski definition) is 2. The van der Waals surface area contributed by atoms with Gasteiger partial charge in [-0.05, 0) is 31.1 Å². The van der Waals surface area contributed by atoms with E-state index >= 15 is 0 Å². The quantitative estimate of drug-likeness (QED) is 0.725.